The minimum atomic E-state index is -4.56. The first-order valence-electron chi connectivity index (χ1n) is 10.3. The summed E-state index contributed by atoms with van der Waals surface area (Å²) in [4.78, 5) is 22.9. The Morgan fingerprint density at radius 3 is 2.71 bits per heavy atom. The number of carbonyl (C=O) groups is 1. The van der Waals surface area contributed by atoms with Gasteiger partial charge in [0.1, 0.15) is 6.04 Å². The third-order valence-electron chi connectivity index (χ3n) is 5.84. The van der Waals surface area contributed by atoms with E-state index < -0.39 is 17.8 Å². The molecule has 0 radical (unpaired) electrons. The van der Waals surface area contributed by atoms with Crippen LogP contribution in [0, 0.1) is 0 Å². The molecule has 0 N–H and O–H groups in total. The van der Waals surface area contributed by atoms with Crippen molar-refractivity contribution in [1.82, 2.24) is 24.6 Å². The van der Waals surface area contributed by atoms with E-state index in [4.69, 9.17) is 4.52 Å². The molecule has 0 bridgehead atoms. The van der Waals surface area contributed by atoms with Gasteiger partial charge in [0, 0.05) is 37.1 Å². The summed E-state index contributed by atoms with van der Waals surface area (Å²) in [6.45, 7) is 6.16. The second kappa shape index (κ2) is 7.97. The van der Waals surface area contributed by atoms with E-state index in [2.05, 4.69) is 15.1 Å². The Balaban J connectivity index is 1.68. The van der Waals surface area contributed by atoms with E-state index in [0.717, 1.165) is 6.07 Å². The zero-order chi connectivity index (χ0) is 22.3. The second-order valence-corrected chi connectivity index (χ2v) is 8.30. The van der Waals surface area contributed by atoms with Crippen LogP contribution in [-0.4, -0.2) is 43.6 Å². The molecule has 10 heteroatoms. The molecule has 2 atom stereocenters. The molecule has 31 heavy (non-hydrogen) atoms. The highest BCUT2D eigenvalue weighted by molar-refractivity contribution is 5.83. The first kappa shape index (κ1) is 21.3. The Kier molecular flexibility index (Phi) is 5.49. The first-order valence-corrected chi connectivity index (χ1v) is 10.3. The van der Waals surface area contributed by atoms with Crippen molar-refractivity contribution in [2.75, 3.05) is 13.1 Å². The van der Waals surface area contributed by atoms with Crippen LogP contribution in [0.3, 0.4) is 0 Å². The Hall–Kier alpha value is -2.91. The Labute approximate surface area is 177 Å². The lowest BCUT2D eigenvalue weighted by atomic mass is 9.91. The summed E-state index contributed by atoms with van der Waals surface area (Å²) in [6.07, 6.45) is 1.60. The highest BCUT2D eigenvalue weighted by Crippen LogP contribution is 2.41. The fourth-order valence-corrected chi connectivity index (χ4v) is 4.08. The van der Waals surface area contributed by atoms with Crippen LogP contribution in [0.1, 0.15) is 68.4 Å². The molecule has 1 fully saturated rings. The molecule has 0 spiro atoms. The number of imidazole rings is 1. The monoisotopic (exact) mass is 435 g/mol. The summed E-state index contributed by atoms with van der Waals surface area (Å²) in [5.41, 5.74) is -0.369. The van der Waals surface area contributed by atoms with E-state index >= 15 is 0 Å². The van der Waals surface area contributed by atoms with Crippen LogP contribution in [0.25, 0.3) is 11.1 Å². The molecule has 3 aromatic heterocycles. The van der Waals surface area contributed by atoms with Gasteiger partial charge in [-0.05, 0) is 31.7 Å². The van der Waals surface area contributed by atoms with E-state index in [-0.39, 0.29) is 41.1 Å². The fraction of sp³-hybridized carbons (Fsp3) is 0.524. The minimum absolute atomic E-state index is 0.0983. The Bertz CT molecular complexity index is 1070. The molecular weight excluding hydrogens is 411 g/mol. The summed E-state index contributed by atoms with van der Waals surface area (Å²) in [5.74, 6) is -0.653. The van der Waals surface area contributed by atoms with E-state index in [1.165, 1.54) is 0 Å². The molecule has 0 saturated carbocycles. The van der Waals surface area contributed by atoms with Crippen LogP contribution >= 0.6 is 0 Å². The number of carbonyl (C=O) groups excluding carboxylic acids is 1. The summed E-state index contributed by atoms with van der Waals surface area (Å²) in [6, 6.07) is 0.636. The van der Waals surface area contributed by atoms with Crippen molar-refractivity contribution in [3.63, 3.8) is 0 Å². The third kappa shape index (κ3) is 4.03. The number of amides is 1. The summed E-state index contributed by atoms with van der Waals surface area (Å²) in [7, 11) is 0. The molecule has 0 aliphatic carbocycles. The number of halogens is 3. The van der Waals surface area contributed by atoms with Gasteiger partial charge in [-0.3, -0.25) is 4.79 Å². The number of aromatic nitrogens is 4. The van der Waals surface area contributed by atoms with Gasteiger partial charge in [-0.1, -0.05) is 19.0 Å². The topological polar surface area (TPSA) is 77.0 Å². The number of pyridine rings is 1. The molecule has 1 aliphatic rings. The molecule has 166 valence electrons. The lowest BCUT2D eigenvalue weighted by molar-refractivity contribution is -0.137. The number of piperidine rings is 1. The Morgan fingerprint density at radius 1 is 1.29 bits per heavy atom. The average molecular weight is 435 g/mol. The van der Waals surface area contributed by atoms with E-state index in [9.17, 15) is 18.0 Å². The van der Waals surface area contributed by atoms with Gasteiger partial charge in [-0.15, -0.1) is 0 Å². The maximum atomic E-state index is 13.9. The summed E-state index contributed by atoms with van der Waals surface area (Å²) >= 11 is 0. The van der Waals surface area contributed by atoms with Crippen molar-refractivity contribution in [3.8, 4) is 0 Å². The van der Waals surface area contributed by atoms with Crippen molar-refractivity contribution in [3.05, 3.63) is 41.7 Å². The normalized spacial score (nSPS) is 18.7. The van der Waals surface area contributed by atoms with Crippen LogP contribution < -0.4 is 0 Å². The van der Waals surface area contributed by atoms with Crippen molar-refractivity contribution in [1.29, 1.82) is 0 Å². The van der Waals surface area contributed by atoms with Crippen molar-refractivity contribution >= 4 is 17.0 Å². The summed E-state index contributed by atoms with van der Waals surface area (Å²) < 4.78 is 48.6. The molecule has 3 aromatic rings. The highest BCUT2D eigenvalue weighted by Gasteiger charge is 2.39. The van der Waals surface area contributed by atoms with Crippen LogP contribution in [0.4, 0.5) is 13.2 Å². The number of likely N-dealkylation sites (tertiary alicyclic amines) is 1. The highest BCUT2D eigenvalue weighted by atomic mass is 19.4. The molecule has 4 rings (SSSR count). The molecule has 1 aliphatic heterocycles. The molecule has 0 aromatic carbocycles. The number of fused-ring (bicyclic) bond motifs is 1. The molecule has 0 unspecified atom stereocenters. The van der Waals surface area contributed by atoms with Gasteiger partial charge >= 0.3 is 6.18 Å². The van der Waals surface area contributed by atoms with E-state index in [0.29, 0.717) is 25.1 Å². The lowest BCUT2D eigenvalue weighted by Crippen LogP contribution is -2.42. The zero-order valence-corrected chi connectivity index (χ0v) is 17.6. The quantitative estimate of drug-likeness (QED) is 0.602. The molecule has 7 nitrogen and oxygen atoms in total. The predicted octanol–water partition coefficient (Wildman–Crippen LogP) is 4.53. The van der Waals surface area contributed by atoms with Crippen molar-refractivity contribution < 1.29 is 22.5 Å². The van der Waals surface area contributed by atoms with E-state index in [1.807, 2.05) is 0 Å². The van der Waals surface area contributed by atoms with E-state index in [1.54, 1.807) is 49.0 Å². The van der Waals surface area contributed by atoms with Gasteiger partial charge < -0.3 is 14.0 Å². The minimum Gasteiger partial charge on any atom is -0.340 e. The lowest BCUT2D eigenvalue weighted by Gasteiger charge is -2.34. The van der Waals surface area contributed by atoms with Gasteiger partial charge in [0.05, 0.1) is 23.0 Å². The summed E-state index contributed by atoms with van der Waals surface area (Å²) in [5, 5.41) is 3.89. The van der Waals surface area contributed by atoms with Crippen molar-refractivity contribution in [2.24, 2.45) is 0 Å². The Morgan fingerprint density at radius 2 is 2.06 bits per heavy atom. The standard InChI is InChI=1S/C21H24F3N5O2/c1-12(2)16-9-15(21(22,23)24)17-18(27-31-19(17)26-16)14-5-4-7-28(10-14)20(30)13(3)29-8-6-25-11-29/h6,8-9,11-14H,4-5,7,10H2,1-3H3/t13-,14-/m0/s1. The van der Waals surface area contributed by atoms with Gasteiger partial charge in [-0.25, -0.2) is 9.97 Å². The van der Waals surface area contributed by atoms with Gasteiger partial charge in [0.2, 0.25) is 5.91 Å². The maximum Gasteiger partial charge on any atom is 0.417 e. The van der Waals surface area contributed by atoms with Gasteiger partial charge in [-0.2, -0.15) is 13.2 Å². The molecular formula is C21H24F3N5O2. The largest absolute Gasteiger partial charge is 0.417 e. The van der Waals surface area contributed by atoms with Crippen LogP contribution in [0.15, 0.2) is 29.3 Å². The average Bonchev–Trinajstić information content (AvgIpc) is 3.41. The second-order valence-electron chi connectivity index (χ2n) is 8.30. The number of hydrogen-bond acceptors (Lipinski definition) is 5. The van der Waals surface area contributed by atoms with Crippen LogP contribution in [0.5, 0.6) is 0 Å². The first-order chi connectivity index (χ1) is 14.7. The van der Waals surface area contributed by atoms with Gasteiger partial charge in [0.15, 0.2) is 0 Å². The zero-order valence-electron chi connectivity index (χ0n) is 17.6. The van der Waals surface area contributed by atoms with Crippen LogP contribution in [-0.2, 0) is 11.0 Å². The molecule has 4 heterocycles. The molecule has 1 amide bonds. The predicted molar refractivity (Wildman–Crippen MR) is 106 cm³/mol. The number of hydrogen-bond donors (Lipinski definition) is 0. The number of rotatable bonds is 4. The van der Waals surface area contributed by atoms with Crippen LogP contribution in [0.2, 0.25) is 0 Å². The maximum absolute atomic E-state index is 13.9. The number of nitrogens with zero attached hydrogens (tertiary/aromatic N) is 5. The van der Waals surface area contributed by atoms with Crippen molar-refractivity contribution in [2.45, 2.75) is 57.7 Å². The SMILES string of the molecule is CC(C)c1cc(C(F)(F)F)c2c([C@H]3CCCN(C(=O)[C@H](C)n4ccnc4)C3)noc2n1. The fourth-order valence-electron chi connectivity index (χ4n) is 4.08. The van der Waals surface area contributed by atoms with Gasteiger partial charge in [0.25, 0.3) is 5.71 Å². The third-order valence-corrected chi connectivity index (χ3v) is 5.84. The number of alkyl halides is 3. The smallest absolute Gasteiger partial charge is 0.340 e. The molecule has 1 saturated heterocycles.